The molecule has 8 aliphatic heterocycles. The molecule has 2 spiro atoms. The monoisotopic (exact) mass is 782 g/mol. The molecular formula is C44H62O12. The van der Waals surface area contributed by atoms with Crippen molar-refractivity contribution in [3.8, 4) is 0 Å². The third kappa shape index (κ3) is 5.97. The van der Waals surface area contributed by atoms with E-state index in [9.17, 15) is 9.59 Å². The van der Waals surface area contributed by atoms with Gasteiger partial charge in [-0.25, -0.2) is 29.1 Å². The van der Waals surface area contributed by atoms with Gasteiger partial charge in [-0.15, -0.1) is 0 Å². The van der Waals surface area contributed by atoms with Crippen LogP contribution in [0.15, 0.2) is 12.1 Å². The third-order valence-electron chi connectivity index (χ3n) is 16.1. The zero-order valence-electron chi connectivity index (χ0n) is 34.5. The maximum absolute atomic E-state index is 13.2. The van der Waals surface area contributed by atoms with E-state index in [2.05, 4.69) is 27.7 Å². The van der Waals surface area contributed by atoms with Gasteiger partial charge in [-0.05, 0) is 137 Å². The Morgan fingerprint density at radius 1 is 0.607 bits per heavy atom. The highest BCUT2D eigenvalue weighted by Gasteiger charge is 2.70. The predicted octanol–water partition coefficient (Wildman–Crippen LogP) is 7.63. The summed E-state index contributed by atoms with van der Waals surface area (Å²) in [6.07, 6.45) is 9.16. The minimum absolute atomic E-state index is 0.114. The van der Waals surface area contributed by atoms with Crippen molar-refractivity contribution in [3.63, 3.8) is 0 Å². The number of carbonyl (C=O) groups excluding carboxylic acids is 2. The highest BCUT2D eigenvalue weighted by atomic mass is 17.3. The third-order valence-corrected chi connectivity index (χ3v) is 16.1. The molecular weight excluding hydrogens is 720 g/mol. The van der Waals surface area contributed by atoms with Crippen LogP contribution in [-0.4, -0.2) is 73.7 Å². The average Bonchev–Trinajstić information content (AvgIpc) is 3.57. The van der Waals surface area contributed by atoms with Crippen LogP contribution >= 0.6 is 0 Å². The summed E-state index contributed by atoms with van der Waals surface area (Å²) in [7, 11) is 2.66. The van der Waals surface area contributed by atoms with Crippen molar-refractivity contribution in [2.75, 3.05) is 14.2 Å². The van der Waals surface area contributed by atoms with Crippen LogP contribution in [0.4, 0.5) is 0 Å². The van der Waals surface area contributed by atoms with Gasteiger partial charge in [0.15, 0.2) is 23.8 Å². The van der Waals surface area contributed by atoms with Crippen LogP contribution in [0.3, 0.4) is 0 Å². The molecule has 12 heteroatoms. The fraction of sp³-hybridized carbons (Fsp3) is 0.818. The second kappa shape index (κ2) is 14.2. The molecule has 4 unspecified atom stereocenters. The number of methoxy groups -OCH3 is 2. The zero-order valence-corrected chi connectivity index (χ0v) is 34.5. The first kappa shape index (κ1) is 39.3. The molecule has 12 nitrogen and oxygen atoms in total. The first-order chi connectivity index (χ1) is 26.8. The SMILES string of the molecule is COC(=O)c1cc(CC[C@H]2O[C@@H]3O[C@@]4(C)CCC5[C@H](C)CCC([C@H]2C)[C@]53OO4)c(CC[C@H]2O[C@@H]3O[C@@]4(C)CCC5[C@H](C)CCC([C@H]2C)[C@]53OO4)cc1C(=O)OC. The number of ether oxygens (including phenoxy) is 6. The molecule has 4 bridgehead atoms. The molecule has 11 rings (SSSR count). The topological polar surface area (TPSA) is 126 Å². The lowest BCUT2D eigenvalue weighted by atomic mass is 9.57. The van der Waals surface area contributed by atoms with E-state index in [0.717, 1.165) is 62.5 Å². The number of fused-ring (bicyclic) bond motifs is 4. The van der Waals surface area contributed by atoms with Crippen LogP contribution in [0.5, 0.6) is 0 Å². The molecule has 1 aromatic carbocycles. The Bertz CT molecular complexity index is 1580. The van der Waals surface area contributed by atoms with Crippen molar-refractivity contribution in [1.29, 1.82) is 0 Å². The predicted molar refractivity (Wildman–Crippen MR) is 199 cm³/mol. The molecule has 1 aromatic rings. The normalized spacial score (nSPS) is 47.6. The van der Waals surface area contributed by atoms with Gasteiger partial charge >= 0.3 is 11.9 Å². The van der Waals surface area contributed by atoms with Gasteiger partial charge in [-0.2, -0.15) is 0 Å². The van der Waals surface area contributed by atoms with Gasteiger partial charge in [0.2, 0.25) is 11.6 Å². The Morgan fingerprint density at radius 3 is 1.41 bits per heavy atom. The van der Waals surface area contributed by atoms with Crippen molar-refractivity contribution in [3.05, 3.63) is 34.4 Å². The summed E-state index contributed by atoms with van der Waals surface area (Å²) in [5, 5.41) is 0. The van der Waals surface area contributed by atoms with Gasteiger partial charge < -0.3 is 28.4 Å². The molecule has 0 N–H and O–H groups in total. The minimum Gasteiger partial charge on any atom is -0.465 e. The van der Waals surface area contributed by atoms with Gasteiger partial charge in [0.05, 0.1) is 37.6 Å². The molecule has 8 saturated heterocycles. The number of aryl methyl sites for hydroxylation is 2. The fourth-order valence-corrected chi connectivity index (χ4v) is 12.9. The van der Waals surface area contributed by atoms with Crippen molar-refractivity contribution in [2.45, 2.75) is 166 Å². The lowest BCUT2D eigenvalue weighted by Crippen LogP contribution is -2.70. The maximum atomic E-state index is 13.2. The lowest BCUT2D eigenvalue weighted by molar-refractivity contribution is -0.571. The first-order valence-corrected chi connectivity index (χ1v) is 21.5. The smallest absolute Gasteiger partial charge is 0.338 e. The Kier molecular flexibility index (Phi) is 10.00. The Balaban J connectivity index is 0.995. The van der Waals surface area contributed by atoms with Gasteiger partial charge in [0.25, 0.3) is 0 Å². The molecule has 0 aromatic heterocycles. The molecule has 0 radical (unpaired) electrons. The highest BCUT2D eigenvalue weighted by molar-refractivity contribution is 6.03. The number of hydrogen-bond donors (Lipinski definition) is 0. The van der Waals surface area contributed by atoms with Crippen molar-refractivity contribution >= 4 is 11.9 Å². The summed E-state index contributed by atoms with van der Waals surface area (Å²) in [5.41, 5.74) is 1.08. The summed E-state index contributed by atoms with van der Waals surface area (Å²) < 4.78 is 37.6. The van der Waals surface area contributed by atoms with Gasteiger partial charge in [-0.3, -0.25) is 0 Å². The van der Waals surface area contributed by atoms with Gasteiger partial charge in [0, 0.05) is 24.7 Å². The molecule has 16 atom stereocenters. The number of hydrogen-bond acceptors (Lipinski definition) is 12. The van der Waals surface area contributed by atoms with Crippen molar-refractivity contribution in [2.24, 2.45) is 47.3 Å². The van der Waals surface area contributed by atoms with Gasteiger partial charge in [0.1, 0.15) is 0 Å². The average molecular weight is 783 g/mol. The molecule has 10 fully saturated rings. The van der Waals surface area contributed by atoms with Crippen LogP contribution < -0.4 is 0 Å². The Hall–Kier alpha value is -2.16. The molecule has 0 amide bonds. The largest absolute Gasteiger partial charge is 0.465 e. The van der Waals surface area contributed by atoms with E-state index in [0.29, 0.717) is 49.4 Å². The van der Waals surface area contributed by atoms with Crippen LogP contribution in [0.1, 0.15) is 138 Å². The van der Waals surface area contributed by atoms with E-state index in [-0.39, 0.29) is 47.0 Å². The Morgan fingerprint density at radius 2 is 1.02 bits per heavy atom. The van der Waals surface area contributed by atoms with Crippen molar-refractivity contribution in [1.82, 2.24) is 0 Å². The number of carbonyl (C=O) groups is 2. The van der Waals surface area contributed by atoms with Crippen LogP contribution in [0.25, 0.3) is 0 Å². The Labute approximate surface area is 331 Å². The van der Waals surface area contributed by atoms with Crippen LogP contribution in [-0.2, 0) is 60.8 Å². The van der Waals surface area contributed by atoms with Gasteiger partial charge in [-0.1, -0.05) is 27.7 Å². The highest BCUT2D eigenvalue weighted by Crippen LogP contribution is 2.62. The molecule has 10 aliphatic rings. The quantitative estimate of drug-likeness (QED) is 0.190. The van der Waals surface area contributed by atoms with E-state index < -0.39 is 47.3 Å². The zero-order chi connectivity index (χ0) is 39.4. The molecule has 8 heterocycles. The van der Waals surface area contributed by atoms with E-state index in [1.165, 1.54) is 14.2 Å². The molecule has 2 aliphatic carbocycles. The number of esters is 2. The molecule has 2 saturated carbocycles. The number of rotatable bonds is 8. The molecule has 310 valence electrons. The summed E-state index contributed by atoms with van der Waals surface area (Å²) in [6.45, 7) is 13.1. The van der Waals surface area contributed by atoms with E-state index in [1.807, 2.05) is 26.0 Å². The molecule has 56 heavy (non-hydrogen) atoms. The summed E-state index contributed by atoms with van der Waals surface area (Å²) in [5.74, 6) is -0.489. The van der Waals surface area contributed by atoms with E-state index >= 15 is 0 Å². The summed E-state index contributed by atoms with van der Waals surface area (Å²) >= 11 is 0. The lowest BCUT2D eigenvalue weighted by Gasteiger charge is -2.60. The minimum atomic E-state index is -0.845. The first-order valence-electron chi connectivity index (χ1n) is 21.5. The van der Waals surface area contributed by atoms with Crippen molar-refractivity contribution < 1.29 is 57.6 Å². The van der Waals surface area contributed by atoms with Crippen LogP contribution in [0, 0.1) is 47.3 Å². The maximum Gasteiger partial charge on any atom is 0.338 e. The van der Waals surface area contributed by atoms with E-state index in [1.54, 1.807) is 0 Å². The standard InChI is InChI=1S/C44H62O12/c1-23-9-13-33-25(3)35(49-39-43(33)31(23)17-19-41(5,51-39)53-55-43)15-11-27-21-29(37(45)47-7)30(38(46)48-8)22-28(27)12-16-36-26(4)34-14-10-24(2)32-18-20-42(6)52-40(50-36)44(32,34)56-54-42/h21-26,31-36,39-40H,9-20H2,1-8H3/t23-,24-,25-,26-,31?,32?,33?,34?,35-,36-,39-,40-,41-,42-,43-,44-/m1/s1. The number of benzene rings is 1. The van der Waals surface area contributed by atoms with E-state index in [4.69, 9.17) is 48.0 Å². The summed E-state index contributed by atoms with van der Waals surface area (Å²) in [4.78, 5) is 51.3. The fourth-order valence-electron chi connectivity index (χ4n) is 12.9. The second-order valence-corrected chi connectivity index (χ2v) is 19.1. The summed E-state index contributed by atoms with van der Waals surface area (Å²) in [6, 6.07) is 3.66. The second-order valence-electron chi connectivity index (χ2n) is 19.1. The van der Waals surface area contributed by atoms with Crippen LogP contribution in [0.2, 0.25) is 0 Å².